The molecule has 64 valence electrons. The Morgan fingerprint density at radius 1 is 1.33 bits per heavy atom. The lowest BCUT2D eigenvalue weighted by Gasteiger charge is -2.01. The first-order chi connectivity index (χ1) is 5.77. The first kappa shape index (κ1) is 10.3. The third-order valence-corrected chi connectivity index (χ3v) is 4.21. The third-order valence-electron chi connectivity index (χ3n) is 1.46. The Kier molecular flexibility index (Phi) is 4.34. The van der Waals surface area contributed by atoms with Gasteiger partial charge in [0.05, 0.1) is 7.11 Å². The van der Waals surface area contributed by atoms with Gasteiger partial charge in [-0.05, 0) is 44.4 Å². The van der Waals surface area contributed by atoms with Crippen molar-refractivity contribution >= 4 is 48.8 Å². The Bertz CT molecular complexity index is 277. The van der Waals surface area contributed by atoms with E-state index in [0.717, 1.165) is 5.75 Å². The van der Waals surface area contributed by atoms with Gasteiger partial charge in [0, 0.05) is 3.58 Å². The lowest BCUT2D eigenvalue weighted by atomic mass is 10.2. The monoisotopic (exact) mass is 386 g/mol. The molecule has 0 spiro atoms. The zero-order valence-corrected chi connectivity index (χ0v) is 10.9. The molecule has 0 aliphatic carbocycles. The summed E-state index contributed by atoms with van der Waals surface area (Å²) in [7, 11) is 1.67. The first-order valence-electron chi connectivity index (χ1n) is 3.38. The number of hydrogen-bond donors (Lipinski definition) is 0. The Morgan fingerprint density at radius 2 is 1.92 bits per heavy atom. The standard InChI is InChI=1S/C9H8I2O/c1-12-8-4-2-7(3-5-8)9(11)6-10/h2-6H,1H3/b9-6+. The van der Waals surface area contributed by atoms with E-state index in [4.69, 9.17) is 4.74 Å². The van der Waals surface area contributed by atoms with E-state index in [9.17, 15) is 0 Å². The highest BCUT2D eigenvalue weighted by molar-refractivity contribution is 14.1. The zero-order chi connectivity index (χ0) is 8.97. The Balaban J connectivity index is 2.92. The summed E-state index contributed by atoms with van der Waals surface area (Å²) >= 11 is 4.54. The molecule has 0 fully saturated rings. The average molecular weight is 386 g/mol. The molecule has 0 N–H and O–H groups in total. The maximum atomic E-state index is 5.06. The van der Waals surface area contributed by atoms with Crippen molar-refractivity contribution in [2.24, 2.45) is 0 Å². The van der Waals surface area contributed by atoms with Gasteiger partial charge in [-0.2, -0.15) is 0 Å². The van der Waals surface area contributed by atoms with Crippen molar-refractivity contribution in [1.29, 1.82) is 0 Å². The fraction of sp³-hybridized carbons (Fsp3) is 0.111. The van der Waals surface area contributed by atoms with Crippen LogP contribution in [0, 0.1) is 0 Å². The largest absolute Gasteiger partial charge is 0.497 e. The first-order valence-corrected chi connectivity index (χ1v) is 5.70. The van der Waals surface area contributed by atoms with Gasteiger partial charge >= 0.3 is 0 Å². The van der Waals surface area contributed by atoms with Crippen LogP contribution in [0.1, 0.15) is 5.56 Å². The minimum atomic E-state index is 0.899. The van der Waals surface area contributed by atoms with Gasteiger partial charge in [-0.15, -0.1) is 0 Å². The van der Waals surface area contributed by atoms with Crippen molar-refractivity contribution in [1.82, 2.24) is 0 Å². The molecule has 0 saturated carbocycles. The highest BCUT2D eigenvalue weighted by atomic mass is 127. The summed E-state index contributed by atoms with van der Waals surface area (Å²) in [4.78, 5) is 0. The molecule has 0 unspecified atom stereocenters. The van der Waals surface area contributed by atoms with E-state index in [1.165, 1.54) is 9.14 Å². The molecule has 0 saturated heterocycles. The second-order valence-electron chi connectivity index (χ2n) is 2.19. The summed E-state index contributed by atoms with van der Waals surface area (Å²) in [6.45, 7) is 0. The van der Waals surface area contributed by atoms with Gasteiger partial charge in [0.25, 0.3) is 0 Å². The van der Waals surface area contributed by atoms with Crippen LogP contribution in [0.25, 0.3) is 3.58 Å². The number of methoxy groups -OCH3 is 1. The van der Waals surface area contributed by atoms with E-state index in [2.05, 4.69) is 61.4 Å². The summed E-state index contributed by atoms with van der Waals surface area (Å²) in [5.41, 5.74) is 1.23. The minimum absolute atomic E-state index is 0.899. The average Bonchev–Trinajstić information content (AvgIpc) is 2.17. The molecule has 1 aromatic carbocycles. The van der Waals surface area contributed by atoms with Gasteiger partial charge in [0.2, 0.25) is 0 Å². The summed E-state index contributed by atoms with van der Waals surface area (Å²) in [6.07, 6.45) is 0. The Hall–Kier alpha value is 0.220. The van der Waals surface area contributed by atoms with E-state index >= 15 is 0 Å². The molecule has 0 bridgehead atoms. The molecule has 1 nitrogen and oxygen atoms in total. The van der Waals surface area contributed by atoms with Crippen LogP contribution >= 0.6 is 45.2 Å². The fourth-order valence-electron chi connectivity index (χ4n) is 0.813. The SMILES string of the molecule is COc1ccc(/C(I)=C\I)cc1. The smallest absolute Gasteiger partial charge is 0.118 e. The van der Waals surface area contributed by atoms with Gasteiger partial charge in [0.15, 0.2) is 0 Å². The third kappa shape index (κ3) is 2.62. The van der Waals surface area contributed by atoms with E-state index < -0.39 is 0 Å². The molecular formula is C9H8I2O. The summed E-state index contributed by atoms with van der Waals surface area (Å²) < 4.78 is 8.36. The molecule has 0 amide bonds. The lowest BCUT2D eigenvalue weighted by Crippen LogP contribution is -1.82. The highest BCUT2D eigenvalue weighted by Crippen LogP contribution is 2.24. The molecule has 12 heavy (non-hydrogen) atoms. The van der Waals surface area contributed by atoms with Crippen molar-refractivity contribution in [3.8, 4) is 5.75 Å². The normalized spacial score (nSPS) is 11.4. The maximum absolute atomic E-state index is 5.06. The van der Waals surface area contributed by atoms with Crippen molar-refractivity contribution in [2.75, 3.05) is 7.11 Å². The number of rotatable bonds is 2. The highest BCUT2D eigenvalue weighted by Gasteiger charge is 1.95. The van der Waals surface area contributed by atoms with Crippen LogP contribution in [0.2, 0.25) is 0 Å². The minimum Gasteiger partial charge on any atom is -0.497 e. The lowest BCUT2D eigenvalue weighted by molar-refractivity contribution is 0.415. The maximum Gasteiger partial charge on any atom is 0.118 e. The molecular weight excluding hydrogens is 378 g/mol. The molecule has 3 heteroatoms. The molecule has 0 atom stereocenters. The van der Waals surface area contributed by atoms with E-state index in [-0.39, 0.29) is 0 Å². The van der Waals surface area contributed by atoms with E-state index in [1.807, 2.05) is 12.1 Å². The number of halogens is 2. The number of ether oxygens (including phenoxy) is 1. The second kappa shape index (κ2) is 5.06. The van der Waals surface area contributed by atoms with Crippen LogP contribution in [-0.4, -0.2) is 7.11 Å². The van der Waals surface area contributed by atoms with Crippen LogP contribution < -0.4 is 4.74 Å². The van der Waals surface area contributed by atoms with Crippen LogP contribution in [0.15, 0.2) is 28.3 Å². The molecule has 0 aromatic heterocycles. The summed E-state index contributed by atoms with van der Waals surface area (Å²) in [5.74, 6) is 0.899. The van der Waals surface area contributed by atoms with Crippen molar-refractivity contribution in [3.63, 3.8) is 0 Å². The van der Waals surface area contributed by atoms with Crippen LogP contribution in [0.4, 0.5) is 0 Å². The summed E-state index contributed by atoms with van der Waals surface area (Å²) in [5, 5.41) is 0. The van der Waals surface area contributed by atoms with Gasteiger partial charge in [-0.3, -0.25) is 0 Å². The summed E-state index contributed by atoms with van der Waals surface area (Å²) in [6, 6.07) is 8.04. The molecule has 0 heterocycles. The van der Waals surface area contributed by atoms with Crippen LogP contribution in [-0.2, 0) is 0 Å². The predicted octanol–water partition coefficient (Wildman–Crippen LogP) is 3.86. The van der Waals surface area contributed by atoms with E-state index in [0.29, 0.717) is 0 Å². The second-order valence-corrected chi connectivity index (χ2v) is 3.97. The van der Waals surface area contributed by atoms with Crippen molar-refractivity contribution in [3.05, 3.63) is 33.9 Å². The number of benzene rings is 1. The van der Waals surface area contributed by atoms with Gasteiger partial charge in [-0.1, -0.05) is 34.7 Å². The van der Waals surface area contributed by atoms with Gasteiger partial charge in [-0.25, -0.2) is 0 Å². The molecule has 0 aliphatic heterocycles. The van der Waals surface area contributed by atoms with Gasteiger partial charge < -0.3 is 4.74 Å². The molecule has 1 rings (SSSR count). The molecule has 1 aromatic rings. The zero-order valence-electron chi connectivity index (χ0n) is 6.55. The van der Waals surface area contributed by atoms with Gasteiger partial charge in [0.1, 0.15) is 5.75 Å². The van der Waals surface area contributed by atoms with E-state index in [1.54, 1.807) is 7.11 Å². The Morgan fingerprint density at radius 3 is 2.33 bits per heavy atom. The topological polar surface area (TPSA) is 9.23 Å². The molecule has 0 radical (unpaired) electrons. The molecule has 0 aliphatic rings. The Labute approximate surface area is 99.5 Å². The van der Waals surface area contributed by atoms with Crippen molar-refractivity contribution < 1.29 is 4.74 Å². The fourth-order valence-corrected chi connectivity index (χ4v) is 1.53. The predicted molar refractivity (Wildman–Crippen MR) is 69.0 cm³/mol. The quantitative estimate of drug-likeness (QED) is 0.702. The van der Waals surface area contributed by atoms with Crippen molar-refractivity contribution in [2.45, 2.75) is 0 Å². The number of hydrogen-bond acceptors (Lipinski definition) is 1. The van der Waals surface area contributed by atoms with Crippen LogP contribution in [0.3, 0.4) is 0 Å². The van der Waals surface area contributed by atoms with Crippen LogP contribution in [0.5, 0.6) is 5.75 Å².